The fourth-order valence-corrected chi connectivity index (χ4v) is 3.35. The number of hydrogen-bond acceptors (Lipinski definition) is 9. The summed E-state index contributed by atoms with van der Waals surface area (Å²) in [7, 11) is 3.67. The van der Waals surface area contributed by atoms with Gasteiger partial charge in [0, 0.05) is 47.1 Å². The number of nitrogens with two attached hydrogens (primary N) is 1. The van der Waals surface area contributed by atoms with Crippen molar-refractivity contribution in [1.82, 2.24) is 14.9 Å². The number of hydrazone groups is 1. The Kier molecular flexibility index (Phi) is 6.50. The number of benzene rings is 1. The second kappa shape index (κ2) is 9.49. The van der Waals surface area contributed by atoms with Gasteiger partial charge in [0.15, 0.2) is 29.1 Å². The lowest BCUT2D eigenvalue weighted by Crippen LogP contribution is -2.37. The Morgan fingerprint density at radius 3 is 2.70 bits per heavy atom. The number of ether oxygens (including phenoxy) is 3. The maximum atomic E-state index is 5.92. The van der Waals surface area contributed by atoms with Crippen molar-refractivity contribution in [3.63, 3.8) is 0 Å². The van der Waals surface area contributed by atoms with Crippen LogP contribution in [0.15, 0.2) is 34.4 Å². The molecule has 176 valence electrons. The van der Waals surface area contributed by atoms with Crippen molar-refractivity contribution in [3.05, 3.63) is 35.7 Å². The highest BCUT2D eigenvalue weighted by molar-refractivity contribution is 5.81. The number of morpholine rings is 1. The van der Waals surface area contributed by atoms with Crippen molar-refractivity contribution < 1.29 is 14.2 Å². The first-order chi connectivity index (χ1) is 15.8. The Bertz CT molecular complexity index is 1050. The van der Waals surface area contributed by atoms with Crippen molar-refractivity contribution in [1.29, 1.82) is 0 Å². The van der Waals surface area contributed by atoms with Crippen molar-refractivity contribution in [3.8, 4) is 11.5 Å². The average molecular weight is 455 g/mol. The number of hydrogen-bond donors (Lipinski definition) is 2. The van der Waals surface area contributed by atoms with Crippen LogP contribution in [-0.4, -0.2) is 73.2 Å². The van der Waals surface area contributed by atoms with E-state index in [0.29, 0.717) is 36.6 Å². The molecule has 2 aliphatic heterocycles. The summed E-state index contributed by atoms with van der Waals surface area (Å²) in [6.45, 7) is 6.85. The highest BCUT2D eigenvalue weighted by Gasteiger charge is 2.31. The van der Waals surface area contributed by atoms with Crippen LogP contribution in [-0.2, 0) is 11.3 Å². The molecule has 0 spiro atoms. The maximum absolute atomic E-state index is 5.92. The number of anilines is 2. The molecule has 0 atom stereocenters. The Balaban J connectivity index is 1.51. The van der Waals surface area contributed by atoms with Crippen molar-refractivity contribution in [2.75, 3.05) is 50.7 Å². The normalized spacial score (nSPS) is 17.5. The topological polar surface area (TPSA) is 123 Å². The van der Waals surface area contributed by atoms with E-state index in [9.17, 15) is 0 Å². The fraction of sp³-hybridized carbons (Fsp3) is 0.455. The lowest BCUT2D eigenvalue weighted by molar-refractivity contribution is -0.0431. The lowest BCUT2D eigenvalue weighted by atomic mass is 10.2. The smallest absolute Gasteiger partial charge is 0.246 e. The molecule has 2 aromatic rings. The molecule has 11 heteroatoms. The second-order valence-corrected chi connectivity index (χ2v) is 8.38. The number of aromatic nitrogens is 2. The monoisotopic (exact) mass is 454 g/mol. The summed E-state index contributed by atoms with van der Waals surface area (Å²) in [5.74, 6) is 3.07. The molecule has 1 saturated heterocycles. The van der Waals surface area contributed by atoms with Crippen LogP contribution in [0.5, 0.6) is 11.5 Å². The number of aliphatic imine (C=N–C) groups is 1. The first-order valence-corrected chi connectivity index (χ1v) is 10.8. The van der Waals surface area contributed by atoms with Gasteiger partial charge in [-0.15, -0.1) is 0 Å². The van der Waals surface area contributed by atoms with Gasteiger partial charge in [-0.2, -0.15) is 5.10 Å². The molecule has 0 bridgehead atoms. The molecular weight excluding hydrogens is 424 g/mol. The van der Waals surface area contributed by atoms with Crippen molar-refractivity contribution in [2.24, 2.45) is 15.8 Å². The van der Waals surface area contributed by atoms with Crippen molar-refractivity contribution >= 4 is 23.8 Å². The zero-order valence-corrected chi connectivity index (χ0v) is 19.4. The van der Waals surface area contributed by atoms with Gasteiger partial charge in [-0.05, 0) is 23.8 Å². The number of fused-ring (bicyclic) bond motifs is 1. The highest BCUT2D eigenvalue weighted by Crippen LogP contribution is 2.39. The summed E-state index contributed by atoms with van der Waals surface area (Å²) < 4.78 is 17.0. The van der Waals surface area contributed by atoms with Gasteiger partial charge >= 0.3 is 0 Å². The number of nitrogens with zero attached hydrogens (tertiary/aromatic N) is 6. The number of rotatable bonds is 6. The first kappa shape index (κ1) is 22.6. The van der Waals surface area contributed by atoms with Gasteiger partial charge in [-0.3, -0.25) is 5.43 Å². The van der Waals surface area contributed by atoms with Crippen LogP contribution in [0.4, 0.5) is 11.6 Å². The minimum Gasteiger partial charge on any atom is -0.449 e. The highest BCUT2D eigenvalue weighted by atomic mass is 16.7. The minimum absolute atomic E-state index is 0.262. The molecule has 33 heavy (non-hydrogen) atoms. The quantitative estimate of drug-likeness (QED) is 0.381. The molecule has 0 amide bonds. The lowest BCUT2D eigenvalue weighted by Gasteiger charge is -2.28. The second-order valence-electron chi connectivity index (χ2n) is 8.38. The fourth-order valence-electron chi connectivity index (χ4n) is 3.35. The molecule has 1 fully saturated rings. The zero-order chi connectivity index (χ0) is 23.4. The van der Waals surface area contributed by atoms with Gasteiger partial charge in [-0.1, -0.05) is 0 Å². The molecule has 0 aliphatic carbocycles. The van der Waals surface area contributed by atoms with E-state index in [2.05, 4.69) is 30.4 Å². The third-order valence-corrected chi connectivity index (χ3v) is 5.01. The summed E-state index contributed by atoms with van der Waals surface area (Å²) >= 11 is 0. The van der Waals surface area contributed by atoms with Crippen LogP contribution in [0.3, 0.4) is 0 Å². The molecule has 1 aromatic carbocycles. The van der Waals surface area contributed by atoms with Crippen LogP contribution in [0.25, 0.3) is 0 Å². The third kappa shape index (κ3) is 5.80. The van der Waals surface area contributed by atoms with Crippen LogP contribution in [0.2, 0.25) is 0 Å². The third-order valence-electron chi connectivity index (χ3n) is 5.01. The minimum atomic E-state index is -0.665. The zero-order valence-electron chi connectivity index (χ0n) is 19.4. The number of nitrogens with one attached hydrogen (secondary N) is 1. The van der Waals surface area contributed by atoms with Gasteiger partial charge < -0.3 is 29.7 Å². The van der Waals surface area contributed by atoms with Crippen molar-refractivity contribution in [2.45, 2.75) is 26.2 Å². The Morgan fingerprint density at radius 1 is 1.18 bits per heavy atom. The molecule has 0 unspecified atom stereocenters. The standard InChI is InChI=1S/C22H30N8O3/c1-22(2)32-16-6-5-15(11-17(16)33-22)13-25-28-18-12-20(30-7-9-31-10-8-30)27-19(26-18)14-24-21(23)29(3)4/h5-6,11-13H,7-10,14H2,1-4H3,(H2,23,24)(H,26,27,28). The van der Waals surface area contributed by atoms with E-state index in [0.717, 1.165) is 30.2 Å². The van der Waals surface area contributed by atoms with Gasteiger partial charge in [0.2, 0.25) is 5.79 Å². The van der Waals surface area contributed by atoms with Gasteiger partial charge in [0.25, 0.3) is 0 Å². The summed E-state index contributed by atoms with van der Waals surface area (Å²) in [4.78, 5) is 17.5. The molecule has 11 nitrogen and oxygen atoms in total. The number of guanidine groups is 1. The Hall–Kier alpha value is -3.60. The largest absolute Gasteiger partial charge is 0.449 e. The molecule has 2 aliphatic rings. The Morgan fingerprint density at radius 2 is 1.94 bits per heavy atom. The molecule has 0 radical (unpaired) electrons. The van der Waals surface area contributed by atoms with Gasteiger partial charge in [0.1, 0.15) is 12.4 Å². The predicted octanol–water partition coefficient (Wildman–Crippen LogP) is 1.64. The summed E-state index contributed by atoms with van der Waals surface area (Å²) in [6, 6.07) is 7.54. The molecule has 0 saturated carbocycles. The SMILES string of the molecule is CN(C)C(N)=NCc1nc(NN=Cc2ccc3c(c2)OC(C)(C)O3)cc(N2CCOCC2)n1. The van der Waals surface area contributed by atoms with Crippen LogP contribution in [0.1, 0.15) is 25.2 Å². The van der Waals surface area contributed by atoms with E-state index in [1.165, 1.54) is 0 Å². The summed E-state index contributed by atoms with van der Waals surface area (Å²) in [6.07, 6.45) is 1.70. The average Bonchev–Trinajstić information content (AvgIpc) is 3.11. The molecule has 1 aromatic heterocycles. The van der Waals surface area contributed by atoms with Crippen LogP contribution in [0, 0.1) is 0 Å². The van der Waals surface area contributed by atoms with E-state index >= 15 is 0 Å². The maximum Gasteiger partial charge on any atom is 0.246 e. The van der Waals surface area contributed by atoms with E-state index < -0.39 is 5.79 Å². The van der Waals surface area contributed by atoms with Crippen LogP contribution >= 0.6 is 0 Å². The van der Waals surface area contributed by atoms with Gasteiger partial charge in [-0.25, -0.2) is 15.0 Å². The van der Waals surface area contributed by atoms with E-state index in [-0.39, 0.29) is 6.54 Å². The molecule has 4 rings (SSSR count). The van der Waals surface area contributed by atoms with E-state index in [4.69, 9.17) is 19.9 Å². The van der Waals surface area contributed by atoms with E-state index in [1.54, 1.807) is 11.1 Å². The summed E-state index contributed by atoms with van der Waals surface area (Å²) in [5, 5.41) is 4.35. The first-order valence-electron chi connectivity index (χ1n) is 10.8. The predicted molar refractivity (Wildman–Crippen MR) is 127 cm³/mol. The molecule has 3 heterocycles. The van der Waals surface area contributed by atoms with Gasteiger partial charge in [0.05, 0.1) is 19.4 Å². The van der Waals surface area contributed by atoms with Crippen LogP contribution < -0.4 is 25.5 Å². The molecule has 3 N–H and O–H groups in total. The summed E-state index contributed by atoms with van der Waals surface area (Å²) in [5.41, 5.74) is 9.79. The van der Waals surface area contributed by atoms with E-state index in [1.807, 2.05) is 52.2 Å². The molecular formula is C22H30N8O3. The Labute approximate surface area is 193 Å².